The maximum absolute atomic E-state index is 2.85. The highest BCUT2D eigenvalue weighted by molar-refractivity contribution is 4.68. The van der Waals surface area contributed by atoms with Gasteiger partial charge in [-0.05, 0) is 50.1 Å². The lowest BCUT2D eigenvalue weighted by Crippen LogP contribution is -2.32. The minimum absolute atomic E-state index is 0.865. The summed E-state index contributed by atoms with van der Waals surface area (Å²) in [4.78, 5) is 2.85. The number of hydrogen-bond donors (Lipinski definition) is 0. The normalized spacial score (nSPS) is 14.1. The molecule has 176 valence electrons. The van der Waals surface area contributed by atoms with Gasteiger partial charge in [-0.2, -0.15) is 0 Å². The first kappa shape index (κ1) is 29.0. The minimum Gasteiger partial charge on any atom is -0.303 e. The van der Waals surface area contributed by atoms with Crippen molar-refractivity contribution in [2.24, 2.45) is 17.8 Å². The van der Waals surface area contributed by atoms with Gasteiger partial charge in [0.05, 0.1) is 0 Å². The SMILES string of the molecule is CCCCCCCCCCN(CCC(C)CCCC(C)C)CC(CC)CCCC. The van der Waals surface area contributed by atoms with E-state index < -0.39 is 0 Å². The highest BCUT2D eigenvalue weighted by atomic mass is 15.1. The molecule has 0 aromatic heterocycles. The molecule has 0 fully saturated rings. The van der Waals surface area contributed by atoms with Gasteiger partial charge in [0.15, 0.2) is 0 Å². The second-order valence-corrected chi connectivity index (χ2v) is 10.4. The maximum atomic E-state index is 2.85. The first-order valence-electron chi connectivity index (χ1n) is 13.8. The molecule has 0 aromatic carbocycles. The van der Waals surface area contributed by atoms with Gasteiger partial charge < -0.3 is 4.90 Å². The highest BCUT2D eigenvalue weighted by Crippen LogP contribution is 2.19. The molecule has 0 heterocycles. The van der Waals surface area contributed by atoms with E-state index in [0.29, 0.717) is 0 Å². The van der Waals surface area contributed by atoms with Crippen molar-refractivity contribution in [1.29, 1.82) is 0 Å². The van der Waals surface area contributed by atoms with Gasteiger partial charge in [-0.25, -0.2) is 0 Å². The zero-order valence-electron chi connectivity index (χ0n) is 21.6. The molecule has 2 atom stereocenters. The monoisotopic (exact) mass is 409 g/mol. The van der Waals surface area contributed by atoms with E-state index in [2.05, 4.69) is 46.4 Å². The van der Waals surface area contributed by atoms with Crippen LogP contribution in [0.2, 0.25) is 0 Å². The molecule has 0 bridgehead atoms. The van der Waals surface area contributed by atoms with Crippen LogP contribution in [0.25, 0.3) is 0 Å². The number of rotatable bonds is 22. The van der Waals surface area contributed by atoms with Crippen molar-refractivity contribution in [3.63, 3.8) is 0 Å². The molecule has 1 heteroatoms. The Kier molecular flexibility index (Phi) is 21.2. The summed E-state index contributed by atoms with van der Waals surface area (Å²) in [7, 11) is 0. The van der Waals surface area contributed by atoms with E-state index in [1.54, 1.807) is 0 Å². The molecule has 0 amide bonds. The van der Waals surface area contributed by atoms with Crippen molar-refractivity contribution in [3.8, 4) is 0 Å². The summed E-state index contributed by atoms with van der Waals surface area (Å²) < 4.78 is 0. The summed E-state index contributed by atoms with van der Waals surface area (Å²) in [6.45, 7) is 18.3. The summed E-state index contributed by atoms with van der Waals surface area (Å²) >= 11 is 0. The van der Waals surface area contributed by atoms with Crippen LogP contribution in [-0.4, -0.2) is 24.5 Å². The van der Waals surface area contributed by atoms with Crippen molar-refractivity contribution in [2.75, 3.05) is 19.6 Å². The van der Waals surface area contributed by atoms with E-state index in [0.717, 1.165) is 17.8 Å². The van der Waals surface area contributed by atoms with Crippen molar-refractivity contribution >= 4 is 0 Å². The van der Waals surface area contributed by atoms with Crippen LogP contribution in [-0.2, 0) is 0 Å². The fourth-order valence-electron chi connectivity index (χ4n) is 4.47. The number of nitrogens with zero attached hydrogens (tertiary/aromatic N) is 1. The van der Waals surface area contributed by atoms with Crippen LogP contribution in [0, 0.1) is 17.8 Å². The van der Waals surface area contributed by atoms with Crippen molar-refractivity contribution < 1.29 is 0 Å². The molecular weight excluding hydrogens is 350 g/mol. The molecule has 0 aliphatic rings. The van der Waals surface area contributed by atoms with E-state index in [9.17, 15) is 0 Å². The summed E-state index contributed by atoms with van der Waals surface area (Å²) in [6, 6.07) is 0. The molecule has 0 radical (unpaired) electrons. The Morgan fingerprint density at radius 2 is 1.17 bits per heavy atom. The Hall–Kier alpha value is -0.0400. The maximum Gasteiger partial charge on any atom is 0.000956 e. The van der Waals surface area contributed by atoms with Crippen LogP contribution in [0.1, 0.15) is 144 Å². The zero-order valence-corrected chi connectivity index (χ0v) is 21.6. The second-order valence-electron chi connectivity index (χ2n) is 10.4. The Bertz CT molecular complexity index is 311. The molecule has 0 aromatic rings. The lowest BCUT2D eigenvalue weighted by molar-refractivity contribution is 0.200. The lowest BCUT2D eigenvalue weighted by atomic mass is 9.96. The van der Waals surface area contributed by atoms with E-state index in [-0.39, 0.29) is 0 Å². The van der Waals surface area contributed by atoms with Crippen LogP contribution in [0.5, 0.6) is 0 Å². The molecule has 0 saturated carbocycles. The molecule has 1 nitrogen and oxygen atoms in total. The molecule has 0 rings (SSSR count). The summed E-state index contributed by atoms with van der Waals surface area (Å²) in [5, 5.41) is 0. The smallest absolute Gasteiger partial charge is 0.000956 e. The molecule has 29 heavy (non-hydrogen) atoms. The molecular formula is C28H59N. The van der Waals surface area contributed by atoms with Gasteiger partial charge in [0, 0.05) is 6.54 Å². The van der Waals surface area contributed by atoms with Crippen LogP contribution >= 0.6 is 0 Å². The van der Waals surface area contributed by atoms with Gasteiger partial charge in [-0.1, -0.05) is 125 Å². The molecule has 0 aliphatic heterocycles. The fourth-order valence-corrected chi connectivity index (χ4v) is 4.47. The Morgan fingerprint density at radius 1 is 0.552 bits per heavy atom. The van der Waals surface area contributed by atoms with Crippen molar-refractivity contribution in [3.05, 3.63) is 0 Å². The van der Waals surface area contributed by atoms with Crippen molar-refractivity contribution in [2.45, 2.75) is 144 Å². The van der Waals surface area contributed by atoms with Crippen LogP contribution < -0.4 is 0 Å². The predicted octanol–water partition coefficient (Wildman–Crippen LogP) is 9.50. The highest BCUT2D eigenvalue weighted by Gasteiger charge is 2.14. The molecule has 0 saturated heterocycles. The van der Waals surface area contributed by atoms with Gasteiger partial charge in [0.1, 0.15) is 0 Å². The second kappa shape index (κ2) is 21.2. The van der Waals surface area contributed by atoms with E-state index in [1.165, 1.54) is 122 Å². The third kappa shape index (κ3) is 19.7. The zero-order chi connectivity index (χ0) is 21.7. The third-order valence-electron chi connectivity index (χ3n) is 6.80. The summed E-state index contributed by atoms with van der Waals surface area (Å²) in [6.07, 6.45) is 22.7. The Balaban J connectivity index is 4.23. The van der Waals surface area contributed by atoms with E-state index >= 15 is 0 Å². The van der Waals surface area contributed by atoms with E-state index in [1.807, 2.05) is 0 Å². The molecule has 2 unspecified atom stereocenters. The first-order valence-corrected chi connectivity index (χ1v) is 13.8. The fraction of sp³-hybridized carbons (Fsp3) is 1.00. The summed E-state index contributed by atoms with van der Waals surface area (Å²) in [5.41, 5.74) is 0. The average Bonchev–Trinajstić information content (AvgIpc) is 2.70. The minimum atomic E-state index is 0.865. The largest absolute Gasteiger partial charge is 0.303 e. The number of unbranched alkanes of at least 4 members (excludes halogenated alkanes) is 8. The standard InChI is InChI=1S/C28H59N/c1-7-10-12-13-14-15-16-17-23-29(25-28(9-3)21-11-8-2)24-22-27(6)20-18-19-26(4)5/h26-28H,7-25H2,1-6H3. The third-order valence-corrected chi connectivity index (χ3v) is 6.80. The van der Waals surface area contributed by atoms with Crippen LogP contribution in [0.15, 0.2) is 0 Å². The van der Waals surface area contributed by atoms with Crippen LogP contribution in [0.4, 0.5) is 0 Å². The van der Waals surface area contributed by atoms with Gasteiger partial charge in [0.2, 0.25) is 0 Å². The molecule has 0 spiro atoms. The van der Waals surface area contributed by atoms with E-state index in [4.69, 9.17) is 0 Å². The van der Waals surface area contributed by atoms with Gasteiger partial charge in [0.25, 0.3) is 0 Å². The summed E-state index contributed by atoms with van der Waals surface area (Å²) in [5.74, 6) is 2.68. The van der Waals surface area contributed by atoms with Gasteiger partial charge in [-0.3, -0.25) is 0 Å². The molecule has 0 aliphatic carbocycles. The first-order chi connectivity index (χ1) is 14.0. The Labute approximate surface area is 186 Å². The number of hydrogen-bond acceptors (Lipinski definition) is 1. The topological polar surface area (TPSA) is 3.24 Å². The van der Waals surface area contributed by atoms with Crippen LogP contribution in [0.3, 0.4) is 0 Å². The average molecular weight is 410 g/mol. The quantitative estimate of drug-likeness (QED) is 0.161. The molecule has 0 N–H and O–H groups in total. The predicted molar refractivity (Wildman–Crippen MR) is 135 cm³/mol. The Morgan fingerprint density at radius 3 is 1.76 bits per heavy atom. The lowest BCUT2D eigenvalue weighted by Gasteiger charge is -2.28. The van der Waals surface area contributed by atoms with Crippen molar-refractivity contribution in [1.82, 2.24) is 4.90 Å². The van der Waals surface area contributed by atoms with Gasteiger partial charge >= 0.3 is 0 Å². The van der Waals surface area contributed by atoms with Gasteiger partial charge in [-0.15, -0.1) is 0 Å².